The fraction of sp³-hybridized carbons (Fsp3) is 0.524. The molecule has 0 bridgehead atoms. The highest BCUT2D eigenvalue weighted by Crippen LogP contribution is 2.18. The Morgan fingerprint density at radius 3 is 2.21 bits per heavy atom. The molecule has 1 saturated carbocycles. The van der Waals surface area contributed by atoms with Crippen LogP contribution in [0.15, 0.2) is 36.8 Å². The summed E-state index contributed by atoms with van der Waals surface area (Å²) in [6.07, 6.45) is 12.2. The topological polar surface area (TPSA) is 74.2 Å². The predicted octanol–water partition coefficient (Wildman–Crippen LogP) is 2.65. The number of hydrogen-bond acceptors (Lipinski definition) is 6. The fourth-order valence-corrected chi connectivity index (χ4v) is 3.97. The number of hydrogen-bond donors (Lipinski definition) is 1. The van der Waals surface area contributed by atoms with Gasteiger partial charge in [-0.05, 0) is 25.0 Å². The highest BCUT2D eigenvalue weighted by atomic mass is 16.1. The minimum Gasteiger partial charge on any atom is -0.353 e. The minimum atomic E-state index is -0.0570. The Bertz CT molecular complexity index is 750. The first-order valence-corrected chi connectivity index (χ1v) is 10.3. The van der Waals surface area contributed by atoms with Gasteiger partial charge in [0.15, 0.2) is 0 Å². The third-order valence-corrected chi connectivity index (χ3v) is 5.63. The van der Waals surface area contributed by atoms with E-state index in [9.17, 15) is 4.79 Å². The van der Waals surface area contributed by atoms with Gasteiger partial charge in [0.2, 0.25) is 5.95 Å². The van der Waals surface area contributed by atoms with Gasteiger partial charge in [-0.25, -0.2) is 15.0 Å². The molecule has 0 spiro atoms. The van der Waals surface area contributed by atoms with Gasteiger partial charge in [0.1, 0.15) is 5.82 Å². The van der Waals surface area contributed by atoms with Crippen LogP contribution in [0, 0.1) is 0 Å². The highest BCUT2D eigenvalue weighted by molar-refractivity contribution is 5.93. The molecular weight excluding hydrogens is 352 g/mol. The van der Waals surface area contributed by atoms with Crippen LogP contribution in [0.2, 0.25) is 0 Å². The second-order valence-corrected chi connectivity index (χ2v) is 7.60. The Hall–Kier alpha value is -2.70. The van der Waals surface area contributed by atoms with Crippen LogP contribution in [-0.4, -0.2) is 53.1 Å². The Morgan fingerprint density at radius 1 is 0.893 bits per heavy atom. The lowest BCUT2D eigenvalue weighted by molar-refractivity contribution is 0.0932. The van der Waals surface area contributed by atoms with Gasteiger partial charge >= 0.3 is 0 Å². The van der Waals surface area contributed by atoms with E-state index in [2.05, 4.69) is 30.1 Å². The molecule has 4 rings (SSSR count). The largest absolute Gasteiger partial charge is 0.353 e. The second kappa shape index (κ2) is 8.99. The summed E-state index contributed by atoms with van der Waals surface area (Å²) < 4.78 is 0. The zero-order chi connectivity index (χ0) is 19.2. The molecule has 0 unspecified atom stereocenters. The quantitative estimate of drug-likeness (QED) is 0.822. The lowest BCUT2D eigenvalue weighted by Crippen LogP contribution is -2.47. The number of nitrogens with one attached hydrogen (secondary N) is 1. The van der Waals surface area contributed by atoms with E-state index in [4.69, 9.17) is 0 Å². The van der Waals surface area contributed by atoms with E-state index in [-0.39, 0.29) is 11.9 Å². The standard InChI is InChI=1S/C21H28N6O/c28-20(25-18-7-3-1-2-4-8-18)17-15-23-21(24-16-17)27-13-11-26(12-14-27)19-9-5-6-10-22-19/h5-6,9-10,15-16,18H,1-4,7-8,11-14H2,(H,25,28). The molecule has 0 radical (unpaired) electrons. The van der Waals surface area contributed by atoms with Gasteiger partial charge in [0, 0.05) is 50.8 Å². The van der Waals surface area contributed by atoms with Crippen molar-refractivity contribution in [2.75, 3.05) is 36.0 Å². The molecule has 1 saturated heterocycles. The normalized spacial score (nSPS) is 18.6. The molecule has 1 N–H and O–H groups in total. The number of amides is 1. The Balaban J connectivity index is 1.31. The Morgan fingerprint density at radius 2 is 1.57 bits per heavy atom. The van der Waals surface area contributed by atoms with Crippen molar-refractivity contribution in [1.29, 1.82) is 0 Å². The number of aromatic nitrogens is 3. The van der Waals surface area contributed by atoms with Crippen LogP contribution in [0.5, 0.6) is 0 Å². The molecule has 0 atom stereocenters. The third-order valence-electron chi connectivity index (χ3n) is 5.63. The van der Waals surface area contributed by atoms with Crippen LogP contribution in [0.3, 0.4) is 0 Å². The van der Waals surface area contributed by atoms with Crippen molar-refractivity contribution in [3.63, 3.8) is 0 Å². The van der Waals surface area contributed by atoms with E-state index in [1.54, 1.807) is 12.4 Å². The van der Waals surface area contributed by atoms with Gasteiger partial charge in [0.05, 0.1) is 5.56 Å². The molecule has 7 heteroatoms. The number of pyridine rings is 1. The molecule has 2 fully saturated rings. The van der Waals surface area contributed by atoms with Crippen molar-refractivity contribution < 1.29 is 4.79 Å². The number of rotatable bonds is 4. The van der Waals surface area contributed by atoms with E-state index in [1.165, 1.54) is 25.7 Å². The lowest BCUT2D eigenvalue weighted by atomic mass is 10.1. The third kappa shape index (κ3) is 4.58. The Labute approximate surface area is 166 Å². The molecule has 7 nitrogen and oxygen atoms in total. The average molecular weight is 380 g/mol. The van der Waals surface area contributed by atoms with Crippen molar-refractivity contribution in [3.8, 4) is 0 Å². The molecule has 1 aliphatic heterocycles. The summed E-state index contributed by atoms with van der Waals surface area (Å²) in [5.41, 5.74) is 0.542. The van der Waals surface area contributed by atoms with Crippen LogP contribution in [-0.2, 0) is 0 Å². The number of carbonyl (C=O) groups is 1. The maximum Gasteiger partial charge on any atom is 0.254 e. The van der Waals surface area contributed by atoms with Gasteiger partial charge in [-0.15, -0.1) is 0 Å². The molecule has 148 valence electrons. The van der Waals surface area contributed by atoms with Crippen LogP contribution in [0.25, 0.3) is 0 Å². The summed E-state index contributed by atoms with van der Waals surface area (Å²) in [6, 6.07) is 6.26. The number of carbonyl (C=O) groups excluding carboxylic acids is 1. The SMILES string of the molecule is O=C(NC1CCCCCC1)c1cnc(N2CCN(c3ccccn3)CC2)nc1. The summed E-state index contributed by atoms with van der Waals surface area (Å²) in [6.45, 7) is 3.43. The summed E-state index contributed by atoms with van der Waals surface area (Å²) in [4.78, 5) is 30.2. The first-order chi connectivity index (χ1) is 13.8. The van der Waals surface area contributed by atoms with Crippen molar-refractivity contribution in [2.24, 2.45) is 0 Å². The van der Waals surface area contributed by atoms with E-state index >= 15 is 0 Å². The molecule has 1 amide bonds. The van der Waals surface area contributed by atoms with Crippen molar-refractivity contribution >= 4 is 17.7 Å². The summed E-state index contributed by atoms with van der Waals surface area (Å²) in [5.74, 6) is 1.64. The van der Waals surface area contributed by atoms with Crippen molar-refractivity contribution in [3.05, 3.63) is 42.4 Å². The van der Waals surface area contributed by atoms with Gasteiger partial charge in [-0.2, -0.15) is 0 Å². The highest BCUT2D eigenvalue weighted by Gasteiger charge is 2.21. The van der Waals surface area contributed by atoms with E-state index < -0.39 is 0 Å². The monoisotopic (exact) mass is 380 g/mol. The zero-order valence-corrected chi connectivity index (χ0v) is 16.3. The first kappa shape index (κ1) is 18.7. The van der Waals surface area contributed by atoms with Gasteiger partial charge in [-0.3, -0.25) is 4.79 Å². The maximum atomic E-state index is 12.5. The lowest BCUT2D eigenvalue weighted by Gasteiger charge is -2.35. The average Bonchev–Trinajstić information content (AvgIpc) is 3.03. The second-order valence-electron chi connectivity index (χ2n) is 7.60. The summed E-state index contributed by atoms with van der Waals surface area (Å²) >= 11 is 0. The van der Waals surface area contributed by atoms with Crippen molar-refractivity contribution in [1.82, 2.24) is 20.3 Å². The van der Waals surface area contributed by atoms with Crippen LogP contribution >= 0.6 is 0 Å². The minimum absolute atomic E-state index is 0.0570. The Kier molecular flexibility index (Phi) is 5.99. The smallest absolute Gasteiger partial charge is 0.254 e. The van der Waals surface area contributed by atoms with Crippen LogP contribution in [0.1, 0.15) is 48.9 Å². The van der Waals surface area contributed by atoms with Crippen molar-refractivity contribution in [2.45, 2.75) is 44.6 Å². The molecule has 28 heavy (non-hydrogen) atoms. The van der Waals surface area contributed by atoms with Gasteiger partial charge in [-0.1, -0.05) is 31.7 Å². The van der Waals surface area contributed by atoms with Crippen LogP contribution in [0.4, 0.5) is 11.8 Å². The molecule has 1 aliphatic carbocycles. The summed E-state index contributed by atoms with van der Waals surface area (Å²) in [5, 5.41) is 3.15. The maximum absolute atomic E-state index is 12.5. The molecule has 0 aromatic carbocycles. The molecule has 2 aliphatic rings. The van der Waals surface area contributed by atoms with E-state index in [0.717, 1.165) is 44.8 Å². The summed E-state index contributed by atoms with van der Waals surface area (Å²) in [7, 11) is 0. The van der Waals surface area contributed by atoms with E-state index in [0.29, 0.717) is 11.5 Å². The predicted molar refractivity (Wildman–Crippen MR) is 110 cm³/mol. The fourth-order valence-electron chi connectivity index (χ4n) is 3.97. The number of piperazine rings is 1. The molecular formula is C21H28N6O. The molecule has 2 aromatic heterocycles. The molecule has 2 aromatic rings. The van der Waals surface area contributed by atoms with Crippen LogP contribution < -0.4 is 15.1 Å². The van der Waals surface area contributed by atoms with E-state index in [1.807, 2.05) is 24.4 Å². The van der Waals surface area contributed by atoms with Gasteiger partial charge < -0.3 is 15.1 Å². The molecule has 3 heterocycles. The number of nitrogens with zero attached hydrogens (tertiary/aromatic N) is 5. The zero-order valence-electron chi connectivity index (χ0n) is 16.3. The van der Waals surface area contributed by atoms with Gasteiger partial charge in [0.25, 0.3) is 5.91 Å². The number of anilines is 2. The first-order valence-electron chi connectivity index (χ1n) is 10.3.